The van der Waals surface area contributed by atoms with E-state index >= 15 is 0 Å². The molecule has 2 fully saturated rings. The Kier molecular flexibility index (Phi) is 3.85. The first-order valence-corrected chi connectivity index (χ1v) is 8.72. The predicted octanol–water partition coefficient (Wildman–Crippen LogP) is 3.26. The molecule has 2 aromatic rings. The van der Waals surface area contributed by atoms with Gasteiger partial charge in [-0.25, -0.2) is 9.78 Å². The normalized spacial score (nSPS) is 21.0. The van der Waals surface area contributed by atoms with Gasteiger partial charge in [0.25, 0.3) is 0 Å². The van der Waals surface area contributed by atoms with Crippen LogP contribution in [0.2, 0.25) is 5.02 Å². The number of carbonyl (C=O) groups is 1. The zero-order chi connectivity index (χ0) is 16.8. The Hall–Kier alpha value is -1.85. The molecule has 24 heavy (non-hydrogen) atoms. The van der Waals surface area contributed by atoms with E-state index in [1.165, 1.54) is 12.8 Å². The van der Waals surface area contributed by atoms with Crippen LogP contribution in [0.3, 0.4) is 0 Å². The van der Waals surface area contributed by atoms with Gasteiger partial charge in [0.05, 0.1) is 16.1 Å². The molecule has 1 saturated heterocycles. The smallest absolute Gasteiger partial charge is 0.337 e. The van der Waals surface area contributed by atoms with E-state index in [4.69, 9.17) is 11.6 Å². The Morgan fingerprint density at radius 1 is 1.25 bits per heavy atom. The van der Waals surface area contributed by atoms with Gasteiger partial charge in [-0.2, -0.15) is 0 Å². The molecule has 1 unspecified atom stereocenters. The van der Waals surface area contributed by atoms with Crippen LogP contribution in [0.4, 0.5) is 5.82 Å². The minimum atomic E-state index is -1.02. The lowest BCUT2D eigenvalue weighted by Gasteiger charge is -2.24. The number of carboxylic acid groups (broad SMARTS) is 1. The van der Waals surface area contributed by atoms with Gasteiger partial charge in [0.2, 0.25) is 0 Å². The molecule has 1 atom stereocenters. The van der Waals surface area contributed by atoms with Crippen molar-refractivity contribution >= 4 is 34.3 Å². The summed E-state index contributed by atoms with van der Waals surface area (Å²) in [6, 6.07) is 8.47. The molecule has 2 heterocycles. The van der Waals surface area contributed by atoms with Crippen LogP contribution in [-0.4, -0.2) is 53.2 Å². The number of nitrogens with zero attached hydrogens (tertiary/aromatic N) is 3. The largest absolute Gasteiger partial charge is 0.478 e. The quantitative estimate of drug-likeness (QED) is 0.921. The molecule has 5 nitrogen and oxygen atoms in total. The number of rotatable bonds is 4. The van der Waals surface area contributed by atoms with Gasteiger partial charge >= 0.3 is 5.97 Å². The number of hydrogen-bond donors (Lipinski definition) is 1. The highest BCUT2D eigenvalue weighted by molar-refractivity contribution is 6.35. The number of halogens is 1. The van der Waals surface area contributed by atoms with Crippen molar-refractivity contribution in [3.63, 3.8) is 0 Å². The Morgan fingerprint density at radius 3 is 2.75 bits per heavy atom. The second kappa shape index (κ2) is 5.90. The molecule has 1 saturated carbocycles. The molecule has 1 N–H and O–H groups in total. The fourth-order valence-corrected chi connectivity index (χ4v) is 3.87. The first-order valence-electron chi connectivity index (χ1n) is 8.34. The summed E-state index contributed by atoms with van der Waals surface area (Å²) in [4.78, 5) is 20.9. The van der Waals surface area contributed by atoms with Gasteiger partial charge in [-0.05, 0) is 50.6 Å². The van der Waals surface area contributed by atoms with E-state index < -0.39 is 5.97 Å². The number of fused-ring (bicyclic) bond motifs is 1. The maximum Gasteiger partial charge on any atom is 0.337 e. The molecule has 0 spiro atoms. The fourth-order valence-electron chi connectivity index (χ4n) is 3.62. The summed E-state index contributed by atoms with van der Waals surface area (Å²) in [5, 5.41) is 10.2. The number of hydrogen-bond acceptors (Lipinski definition) is 4. The summed E-state index contributed by atoms with van der Waals surface area (Å²) in [7, 11) is 2.22. The summed E-state index contributed by atoms with van der Waals surface area (Å²) in [5.41, 5.74) is 0.800. The van der Waals surface area contributed by atoms with Crippen molar-refractivity contribution < 1.29 is 9.90 Å². The number of pyridine rings is 1. The number of carboxylic acids is 1. The SMILES string of the molecule is CN(C1CC1)C1CCN(c2ccc3c(C(=O)O)c(Cl)ccc3n2)C1. The highest BCUT2D eigenvalue weighted by Crippen LogP contribution is 2.32. The van der Waals surface area contributed by atoms with E-state index in [-0.39, 0.29) is 10.6 Å². The number of aromatic nitrogens is 1. The van der Waals surface area contributed by atoms with Gasteiger partial charge in [0, 0.05) is 30.6 Å². The highest BCUT2D eigenvalue weighted by Gasteiger charge is 2.35. The van der Waals surface area contributed by atoms with Crippen LogP contribution in [0.1, 0.15) is 29.6 Å². The summed E-state index contributed by atoms with van der Waals surface area (Å²) < 4.78 is 0. The van der Waals surface area contributed by atoms with Crippen LogP contribution in [0.5, 0.6) is 0 Å². The molecule has 0 amide bonds. The third-order valence-corrected chi connectivity index (χ3v) is 5.52. The molecular weight excluding hydrogens is 326 g/mol. The molecular formula is C18H20ClN3O2. The third-order valence-electron chi connectivity index (χ3n) is 5.21. The minimum absolute atomic E-state index is 0.126. The van der Waals surface area contributed by atoms with E-state index in [0.29, 0.717) is 16.9 Å². The lowest BCUT2D eigenvalue weighted by atomic mass is 10.1. The molecule has 1 aromatic heterocycles. The molecule has 0 radical (unpaired) electrons. The predicted molar refractivity (Wildman–Crippen MR) is 95.1 cm³/mol. The maximum atomic E-state index is 11.4. The second-order valence-electron chi connectivity index (χ2n) is 6.75. The average Bonchev–Trinajstić information content (AvgIpc) is 3.30. The zero-order valence-corrected chi connectivity index (χ0v) is 14.3. The first-order chi connectivity index (χ1) is 11.5. The van der Waals surface area contributed by atoms with Gasteiger partial charge in [-0.1, -0.05) is 11.6 Å². The van der Waals surface area contributed by atoms with Crippen LogP contribution >= 0.6 is 11.6 Å². The fraction of sp³-hybridized carbons (Fsp3) is 0.444. The van der Waals surface area contributed by atoms with Gasteiger partial charge in [0.15, 0.2) is 0 Å². The van der Waals surface area contributed by atoms with Gasteiger partial charge in [-0.15, -0.1) is 0 Å². The standard InChI is InChI=1S/C18H20ClN3O2/c1-21(11-2-3-11)12-8-9-22(10-12)16-7-4-13-15(20-16)6-5-14(19)17(13)18(23)24/h4-7,11-12H,2-3,8-10H2,1H3,(H,23,24). The Balaban J connectivity index is 1.62. The molecule has 1 aliphatic carbocycles. The van der Waals surface area contributed by atoms with Crippen molar-refractivity contribution in [2.45, 2.75) is 31.3 Å². The minimum Gasteiger partial charge on any atom is -0.478 e. The van der Waals surface area contributed by atoms with Crippen LogP contribution in [0.15, 0.2) is 24.3 Å². The van der Waals surface area contributed by atoms with Crippen molar-refractivity contribution in [3.05, 3.63) is 34.9 Å². The number of likely N-dealkylation sites (N-methyl/N-ethyl adjacent to an activating group) is 1. The Labute approximate surface area is 145 Å². The molecule has 126 valence electrons. The maximum absolute atomic E-state index is 11.4. The molecule has 0 bridgehead atoms. The van der Waals surface area contributed by atoms with Gasteiger partial charge in [0.1, 0.15) is 5.82 Å². The van der Waals surface area contributed by atoms with Crippen LogP contribution in [0, 0.1) is 0 Å². The van der Waals surface area contributed by atoms with E-state index in [2.05, 4.69) is 21.8 Å². The van der Waals surface area contributed by atoms with E-state index in [1.54, 1.807) is 12.1 Å². The molecule has 6 heteroatoms. The number of benzene rings is 1. The zero-order valence-electron chi connectivity index (χ0n) is 13.6. The lowest BCUT2D eigenvalue weighted by Crippen LogP contribution is -2.36. The second-order valence-corrected chi connectivity index (χ2v) is 7.16. The van der Waals surface area contributed by atoms with E-state index in [0.717, 1.165) is 31.4 Å². The topological polar surface area (TPSA) is 56.7 Å². The summed E-state index contributed by atoms with van der Waals surface area (Å²) in [5.74, 6) is -0.111. The van der Waals surface area contributed by atoms with Gasteiger partial charge < -0.3 is 10.0 Å². The van der Waals surface area contributed by atoms with Crippen LogP contribution < -0.4 is 4.90 Å². The Bertz CT molecular complexity index is 806. The lowest BCUT2D eigenvalue weighted by molar-refractivity contribution is 0.0699. The van der Waals surface area contributed by atoms with Crippen molar-refractivity contribution in [2.24, 2.45) is 0 Å². The van der Waals surface area contributed by atoms with Crippen molar-refractivity contribution in [1.29, 1.82) is 0 Å². The Morgan fingerprint density at radius 2 is 2.04 bits per heavy atom. The van der Waals surface area contributed by atoms with Crippen molar-refractivity contribution in [3.8, 4) is 0 Å². The monoisotopic (exact) mass is 345 g/mol. The van der Waals surface area contributed by atoms with E-state index in [1.807, 2.05) is 12.1 Å². The summed E-state index contributed by atoms with van der Waals surface area (Å²) in [6.45, 7) is 1.96. The summed E-state index contributed by atoms with van der Waals surface area (Å²) in [6.07, 6.45) is 3.79. The molecule has 4 rings (SSSR count). The van der Waals surface area contributed by atoms with E-state index in [9.17, 15) is 9.90 Å². The highest BCUT2D eigenvalue weighted by atomic mass is 35.5. The molecule has 1 aliphatic heterocycles. The number of aromatic carboxylic acids is 1. The average molecular weight is 346 g/mol. The molecule has 1 aromatic carbocycles. The van der Waals surface area contributed by atoms with Crippen LogP contribution in [-0.2, 0) is 0 Å². The molecule has 2 aliphatic rings. The van der Waals surface area contributed by atoms with Crippen molar-refractivity contribution in [2.75, 3.05) is 25.0 Å². The number of anilines is 1. The first kappa shape index (κ1) is 15.7. The van der Waals surface area contributed by atoms with Gasteiger partial charge in [-0.3, -0.25) is 4.90 Å². The third kappa shape index (κ3) is 2.72. The summed E-state index contributed by atoms with van der Waals surface area (Å²) >= 11 is 6.03. The van der Waals surface area contributed by atoms with Crippen molar-refractivity contribution in [1.82, 2.24) is 9.88 Å². The van der Waals surface area contributed by atoms with Crippen LogP contribution in [0.25, 0.3) is 10.9 Å².